The lowest BCUT2D eigenvalue weighted by Gasteiger charge is -2.18. The van der Waals surface area contributed by atoms with E-state index in [4.69, 9.17) is 14.2 Å². The Morgan fingerprint density at radius 2 is 0.474 bits per heavy atom. The molecular weight excluding hydrogens is 709 g/mol. The van der Waals surface area contributed by atoms with Gasteiger partial charge in [0.15, 0.2) is 6.10 Å². The van der Waals surface area contributed by atoms with Crippen LogP contribution in [0.15, 0.2) is 0 Å². The first-order chi connectivity index (χ1) is 28.0. The average molecular weight is 807 g/mol. The summed E-state index contributed by atoms with van der Waals surface area (Å²) < 4.78 is 16.8. The highest BCUT2D eigenvalue weighted by molar-refractivity contribution is 5.71. The smallest absolute Gasteiger partial charge is 0.306 e. The van der Waals surface area contributed by atoms with E-state index in [1.165, 1.54) is 193 Å². The molecule has 0 unspecified atom stereocenters. The topological polar surface area (TPSA) is 78.9 Å². The Bertz CT molecular complexity index is 844. The van der Waals surface area contributed by atoms with Crippen LogP contribution in [-0.2, 0) is 28.6 Å². The number of carbonyl (C=O) groups excluding carboxylic acids is 3. The molecule has 0 amide bonds. The van der Waals surface area contributed by atoms with Gasteiger partial charge in [-0.15, -0.1) is 0 Å². The summed E-state index contributed by atoms with van der Waals surface area (Å²) in [4.78, 5) is 37.8. The molecule has 338 valence electrons. The molecule has 6 heteroatoms. The Labute approximate surface area is 355 Å². The molecule has 0 aromatic heterocycles. The first-order valence-electron chi connectivity index (χ1n) is 25.5. The SMILES string of the molecule is CCCCCCCCCCCCCCCCCCCC(=O)OC[C@@H](COC(=O)CCCCCCCCCCCCCC)OC(=O)CCCCCCCCCCCC. The predicted octanol–water partition coefficient (Wildman–Crippen LogP) is 16.4. The number of hydrogen-bond acceptors (Lipinski definition) is 6. The van der Waals surface area contributed by atoms with E-state index in [1.54, 1.807) is 0 Å². The second-order valence-corrected chi connectivity index (χ2v) is 17.5. The van der Waals surface area contributed by atoms with Gasteiger partial charge in [-0.2, -0.15) is 0 Å². The highest BCUT2D eigenvalue weighted by Gasteiger charge is 2.19. The Balaban J connectivity index is 4.24. The van der Waals surface area contributed by atoms with Gasteiger partial charge in [0.2, 0.25) is 0 Å². The minimum Gasteiger partial charge on any atom is -0.462 e. The van der Waals surface area contributed by atoms with Gasteiger partial charge in [0.05, 0.1) is 0 Å². The van der Waals surface area contributed by atoms with Crippen molar-refractivity contribution in [2.24, 2.45) is 0 Å². The number of carbonyl (C=O) groups is 3. The predicted molar refractivity (Wildman–Crippen MR) is 243 cm³/mol. The molecule has 0 aliphatic rings. The molecule has 0 spiro atoms. The lowest BCUT2D eigenvalue weighted by atomic mass is 10.0. The third kappa shape index (κ3) is 45.3. The molecule has 0 fully saturated rings. The van der Waals surface area contributed by atoms with Crippen molar-refractivity contribution in [3.8, 4) is 0 Å². The molecule has 0 N–H and O–H groups in total. The second-order valence-electron chi connectivity index (χ2n) is 17.5. The molecule has 0 bridgehead atoms. The van der Waals surface area contributed by atoms with Gasteiger partial charge >= 0.3 is 17.9 Å². The zero-order valence-corrected chi connectivity index (χ0v) is 38.6. The van der Waals surface area contributed by atoms with E-state index in [0.29, 0.717) is 19.3 Å². The number of hydrogen-bond donors (Lipinski definition) is 0. The zero-order valence-electron chi connectivity index (χ0n) is 38.6. The Morgan fingerprint density at radius 1 is 0.281 bits per heavy atom. The minimum absolute atomic E-state index is 0.0621. The molecule has 0 saturated carbocycles. The van der Waals surface area contributed by atoms with Crippen molar-refractivity contribution in [1.82, 2.24) is 0 Å². The van der Waals surface area contributed by atoms with E-state index in [9.17, 15) is 14.4 Å². The minimum atomic E-state index is -0.758. The third-order valence-corrected chi connectivity index (χ3v) is 11.6. The van der Waals surface area contributed by atoms with Gasteiger partial charge < -0.3 is 14.2 Å². The molecule has 0 rings (SSSR count). The summed E-state index contributed by atoms with van der Waals surface area (Å²) in [6.45, 7) is 6.66. The van der Waals surface area contributed by atoms with Crippen LogP contribution in [0.1, 0.15) is 290 Å². The Hall–Kier alpha value is -1.59. The quantitative estimate of drug-likeness (QED) is 0.0346. The van der Waals surface area contributed by atoms with Gasteiger partial charge in [0.25, 0.3) is 0 Å². The summed E-state index contributed by atoms with van der Waals surface area (Å²) in [6, 6.07) is 0. The van der Waals surface area contributed by atoms with E-state index in [0.717, 1.165) is 57.8 Å². The first kappa shape index (κ1) is 55.4. The van der Waals surface area contributed by atoms with Gasteiger partial charge in [-0.25, -0.2) is 0 Å². The van der Waals surface area contributed by atoms with Crippen molar-refractivity contribution < 1.29 is 28.6 Å². The highest BCUT2D eigenvalue weighted by atomic mass is 16.6. The highest BCUT2D eigenvalue weighted by Crippen LogP contribution is 2.17. The fourth-order valence-electron chi connectivity index (χ4n) is 7.74. The van der Waals surface area contributed by atoms with Crippen LogP contribution in [-0.4, -0.2) is 37.2 Å². The Kier molecular flexibility index (Phi) is 45.8. The maximum Gasteiger partial charge on any atom is 0.306 e. The summed E-state index contributed by atoms with van der Waals surface area (Å²) in [5.41, 5.74) is 0. The van der Waals surface area contributed by atoms with Crippen LogP contribution in [0.3, 0.4) is 0 Å². The van der Waals surface area contributed by atoms with Crippen molar-refractivity contribution >= 4 is 17.9 Å². The monoisotopic (exact) mass is 807 g/mol. The van der Waals surface area contributed by atoms with E-state index < -0.39 is 6.10 Å². The first-order valence-corrected chi connectivity index (χ1v) is 25.5. The van der Waals surface area contributed by atoms with Crippen molar-refractivity contribution in [3.63, 3.8) is 0 Å². The molecule has 0 radical (unpaired) electrons. The summed E-state index contributed by atoms with van der Waals surface area (Å²) in [5, 5.41) is 0. The summed E-state index contributed by atoms with van der Waals surface area (Å²) in [6.07, 6.45) is 49.4. The largest absolute Gasteiger partial charge is 0.462 e. The van der Waals surface area contributed by atoms with Crippen LogP contribution >= 0.6 is 0 Å². The van der Waals surface area contributed by atoms with Crippen molar-refractivity contribution in [1.29, 1.82) is 0 Å². The molecule has 0 aliphatic carbocycles. The number of esters is 3. The van der Waals surface area contributed by atoms with E-state index in [-0.39, 0.29) is 31.1 Å². The van der Waals surface area contributed by atoms with Crippen LogP contribution in [0.5, 0.6) is 0 Å². The fourth-order valence-corrected chi connectivity index (χ4v) is 7.74. The molecule has 0 aliphatic heterocycles. The fraction of sp³-hybridized carbons (Fsp3) is 0.941. The normalized spacial score (nSPS) is 11.8. The van der Waals surface area contributed by atoms with Crippen molar-refractivity contribution in [2.45, 2.75) is 297 Å². The molecular formula is C51H98O6. The maximum atomic E-state index is 12.7. The van der Waals surface area contributed by atoms with Crippen LogP contribution in [0.25, 0.3) is 0 Å². The van der Waals surface area contributed by atoms with Crippen molar-refractivity contribution in [3.05, 3.63) is 0 Å². The molecule has 57 heavy (non-hydrogen) atoms. The van der Waals surface area contributed by atoms with Gasteiger partial charge in [-0.3, -0.25) is 14.4 Å². The molecule has 0 saturated heterocycles. The number of ether oxygens (including phenoxy) is 3. The van der Waals surface area contributed by atoms with E-state index in [2.05, 4.69) is 20.8 Å². The average Bonchev–Trinajstić information content (AvgIpc) is 3.21. The molecule has 0 aromatic carbocycles. The summed E-state index contributed by atoms with van der Waals surface area (Å²) >= 11 is 0. The van der Waals surface area contributed by atoms with Gasteiger partial charge in [0, 0.05) is 19.3 Å². The number of rotatable bonds is 47. The standard InChI is InChI=1S/C51H98O6/c1-4-7-10-13-16-19-22-24-25-26-27-28-30-33-35-38-41-44-50(53)56-47-48(57-51(54)45-42-39-36-31-21-18-15-12-9-6-3)46-55-49(52)43-40-37-34-32-29-23-20-17-14-11-8-5-2/h48H,4-47H2,1-3H3/t48-/m1/s1. The number of unbranched alkanes of at least 4 members (excludes halogenated alkanes) is 36. The van der Waals surface area contributed by atoms with E-state index in [1.807, 2.05) is 0 Å². The van der Waals surface area contributed by atoms with Gasteiger partial charge in [-0.05, 0) is 19.3 Å². The third-order valence-electron chi connectivity index (χ3n) is 11.6. The van der Waals surface area contributed by atoms with E-state index >= 15 is 0 Å². The molecule has 0 heterocycles. The van der Waals surface area contributed by atoms with Crippen LogP contribution < -0.4 is 0 Å². The lowest BCUT2D eigenvalue weighted by Crippen LogP contribution is -2.30. The van der Waals surface area contributed by atoms with Gasteiger partial charge in [-0.1, -0.05) is 252 Å². The summed E-state index contributed by atoms with van der Waals surface area (Å²) in [7, 11) is 0. The molecule has 1 atom stereocenters. The summed E-state index contributed by atoms with van der Waals surface area (Å²) in [5.74, 6) is -0.844. The second kappa shape index (κ2) is 47.1. The zero-order chi connectivity index (χ0) is 41.5. The van der Waals surface area contributed by atoms with Crippen LogP contribution in [0, 0.1) is 0 Å². The Morgan fingerprint density at radius 3 is 0.702 bits per heavy atom. The van der Waals surface area contributed by atoms with Crippen LogP contribution in [0.4, 0.5) is 0 Å². The van der Waals surface area contributed by atoms with Gasteiger partial charge in [0.1, 0.15) is 13.2 Å². The van der Waals surface area contributed by atoms with Crippen LogP contribution in [0.2, 0.25) is 0 Å². The maximum absolute atomic E-state index is 12.7. The molecule has 0 aromatic rings. The lowest BCUT2D eigenvalue weighted by molar-refractivity contribution is -0.167. The molecule has 6 nitrogen and oxygen atoms in total. The van der Waals surface area contributed by atoms with Crippen molar-refractivity contribution in [2.75, 3.05) is 13.2 Å².